The lowest BCUT2D eigenvalue weighted by Crippen LogP contribution is -2.08. The number of ether oxygens (including phenoxy) is 1. The molecule has 3 nitrogen and oxygen atoms in total. The van der Waals surface area contributed by atoms with Crippen LogP contribution in [0.15, 0.2) is 18.2 Å². The van der Waals surface area contributed by atoms with Crippen LogP contribution in [0.4, 0.5) is 18.3 Å². The van der Waals surface area contributed by atoms with Gasteiger partial charge in [0.05, 0.1) is 16.8 Å². The number of unbranched alkanes of at least 4 members (excludes halogenated alkanes) is 1. The molecule has 2 aromatic rings. The molecule has 0 aliphatic heterocycles. The third-order valence-electron chi connectivity index (χ3n) is 2.83. The van der Waals surface area contributed by atoms with Gasteiger partial charge in [0.25, 0.3) is 0 Å². The average Bonchev–Trinajstić information content (AvgIpc) is 2.79. The van der Waals surface area contributed by atoms with Crippen molar-refractivity contribution in [3.05, 3.63) is 18.2 Å². The summed E-state index contributed by atoms with van der Waals surface area (Å²) in [5.74, 6) is 0.797. The van der Waals surface area contributed by atoms with E-state index < -0.39 is 12.6 Å². The smallest absolute Gasteiger partial charge is 0.389 e. The van der Waals surface area contributed by atoms with Gasteiger partial charge < -0.3 is 10.1 Å². The second-order valence-electron chi connectivity index (χ2n) is 4.58. The second-order valence-corrected chi connectivity index (χ2v) is 5.61. The molecule has 21 heavy (non-hydrogen) atoms. The summed E-state index contributed by atoms with van der Waals surface area (Å²) in [6.07, 6.45) is -4.19. The molecule has 0 atom stereocenters. The number of anilines is 1. The molecule has 0 fully saturated rings. The summed E-state index contributed by atoms with van der Waals surface area (Å²) >= 11 is 1.48. The number of rotatable bonds is 7. The van der Waals surface area contributed by atoms with Crippen LogP contribution >= 0.6 is 11.3 Å². The highest BCUT2D eigenvalue weighted by atomic mass is 32.1. The monoisotopic (exact) mass is 318 g/mol. The van der Waals surface area contributed by atoms with Gasteiger partial charge in [-0.05, 0) is 38.0 Å². The molecule has 0 radical (unpaired) electrons. The van der Waals surface area contributed by atoms with E-state index in [1.807, 2.05) is 25.1 Å². The van der Waals surface area contributed by atoms with Crippen molar-refractivity contribution in [1.82, 2.24) is 4.98 Å². The molecule has 1 heterocycles. The minimum atomic E-state index is -4.06. The Labute approximate surface area is 125 Å². The van der Waals surface area contributed by atoms with Crippen molar-refractivity contribution < 1.29 is 17.9 Å². The first-order chi connectivity index (χ1) is 9.98. The van der Waals surface area contributed by atoms with Crippen molar-refractivity contribution in [3.8, 4) is 5.75 Å². The maximum absolute atomic E-state index is 12.0. The number of thiazole rings is 1. The van der Waals surface area contributed by atoms with Crippen LogP contribution in [-0.4, -0.2) is 24.3 Å². The van der Waals surface area contributed by atoms with Crippen LogP contribution in [-0.2, 0) is 0 Å². The zero-order chi connectivity index (χ0) is 15.3. The molecule has 0 bridgehead atoms. The number of benzene rings is 1. The van der Waals surface area contributed by atoms with Gasteiger partial charge in [-0.3, -0.25) is 0 Å². The van der Waals surface area contributed by atoms with Crippen LogP contribution in [0.5, 0.6) is 5.75 Å². The van der Waals surface area contributed by atoms with Gasteiger partial charge in [-0.15, -0.1) is 0 Å². The highest BCUT2D eigenvalue weighted by Crippen LogP contribution is 2.29. The van der Waals surface area contributed by atoms with Crippen LogP contribution in [0.1, 0.15) is 26.2 Å². The highest BCUT2D eigenvalue weighted by Gasteiger charge is 2.25. The first-order valence-electron chi connectivity index (χ1n) is 6.82. The Hall–Kier alpha value is -1.50. The van der Waals surface area contributed by atoms with Gasteiger partial charge in [0.1, 0.15) is 5.75 Å². The molecule has 0 amide bonds. The molecular weight excluding hydrogens is 301 g/mol. The van der Waals surface area contributed by atoms with E-state index in [-0.39, 0.29) is 6.42 Å². The van der Waals surface area contributed by atoms with Gasteiger partial charge in [-0.2, -0.15) is 13.2 Å². The zero-order valence-corrected chi connectivity index (χ0v) is 12.5. The van der Waals surface area contributed by atoms with Crippen LogP contribution in [0.2, 0.25) is 0 Å². The fourth-order valence-corrected chi connectivity index (χ4v) is 2.80. The van der Waals surface area contributed by atoms with E-state index in [2.05, 4.69) is 10.3 Å². The maximum Gasteiger partial charge on any atom is 0.389 e. The predicted molar refractivity (Wildman–Crippen MR) is 79.2 cm³/mol. The summed E-state index contributed by atoms with van der Waals surface area (Å²) in [4.78, 5) is 4.39. The Morgan fingerprint density at radius 3 is 2.81 bits per heavy atom. The molecule has 0 saturated carbocycles. The number of halogens is 3. The van der Waals surface area contributed by atoms with Gasteiger partial charge >= 0.3 is 6.18 Å². The lowest BCUT2D eigenvalue weighted by atomic mass is 10.2. The van der Waals surface area contributed by atoms with Gasteiger partial charge in [0, 0.05) is 13.0 Å². The molecule has 0 aliphatic carbocycles. The van der Waals surface area contributed by atoms with E-state index in [4.69, 9.17) is 4.74 Å². The second kappa shape index (κ2) is 6.98. The van der Waals surface area contributed by atoms with Crippen molar-refractivity contribution in [1.29, 1.82) is 0 Å². The van der Waals surface area contributed by atoms with E-state index in [0.29, 0.717) is 19.6 Å². The third kappa shape index (κ3) is 5.08. The largest absolute Gasteiger partial charge is 0.494 e. The molecule has 0 spiro atoms. The minimum absolute atomic E-state index is 0.135. The number of hydrogen-bond acceptors (Lipinski definition) is 4. The molecule has 2 rings (SSSR count). The molecule has 0 saturated heterocycles. The molecule has 0 aliphatic rings. The summed E-state index contributed by atoms with van der Waals surface area (Å²) in [6.45, 7) is 3.02. The van der Waals surface area contributed by atoms with Gasteiger partial charge in [-0.25, -0.2) is 4.98 Å². The predicted octanol–water partition coefficient (Wildman–Crippen LogP) is 4.84. The number of alkyl halides is 3. The standard InChI is InChI=1S/C14H17F3N2OS/c1-2-20-10-5-6-11-12(9-10)21-13(19-11)18-8-4-3-7-14(15,16)17/h5-6,9H,2-4,7-8H2,1H3,(H,18,19). The van der Waals surface area contributed by atoms with Crippen molar-refractivity contribution in [3.63, 3.8) is 0 Å². The van der Waals surface area contributed by atoms with Crippen molar-refractivity contribution in [2.75, 3.05) is 18.5 Å². The molecule has 1 aromatic carbocycles. The Bertz CT molecular complexity index is 583. The van der Waals surface area contributed by atoms with E-state index >= 15 is 0 Å². The number of hydrogen-bond donors (Lipinski definition) is 1. The zero-order valence-electron chi connectivity index (χ0n) is 11.7. The molecular formula is C14H17F3N2OS. The van der Waals surface area contributed by atoms with Gasteiger partial charge in [0.15, 0.2) is 5.13 Å². The number of aromatic nitrogens is 1. The van der Waals surface area contributed by atoms with Gasteiger partial charge in [-0.1, -0.05) is 11.3 Å². The Morgan fingerprint density at radius 1 is 1.29 bits per heavy atom. The molecule has 1 N–H and O–H groups in total. The molecule has 0 unspecified atom stereocenters. The van der Waals surface area contributed by atoms with E-state index in [1.54, 1.807) is 0 Å². The van der Waals surface area contributed by atoms with Crippen molar-refractivity contribution in [2.45, 2.75) is 32.4 Å². The number of fused-ring (bicyclic) bond motifs is 1. The maximum atomic E-state index is 12.0. The van der Waals surface area contributed by atoms with E-state index in [0.717, 1.165) is 21.1 Å². The van der Waals surface area contributed by atoms with Gasteiger partial charge in [0.2, 0.25) is 0 Å². The van der Waals surface area contributed by atoms with Crippen LogP contribution in [0.25, 0.3) is 10.2 Å². The fraction of sp³-hybridized carbons (Fsp3) is 0.500. The number of nitrogens with one attached hydrogen (secondary N) is 1. The normalized spacial score (nSPS) is 11.8. The lowest BCUT2D eigenvalue weighted by molar-refractivity contribution is -0.135. The molecule has 7 heteroatoms. The van der Waals surface area contributed by atoms with Crippen LogP contribution < -0.4 is 10.1 Å². The summed E-state index contributed by atoms with van der Waals surface area (Å²) in [6, 6.07) is 5.66. The Morgan fingerprint density at radius 2 is 2.10 bits per heavy atom. The molecule has 116 valence electrons. The van der Waals surface area contributed by atoms with E-state index in [1.165, 1.54) is 11.3 Å². The summed E-state index contributed by atoms with van der Waals surface area (Å²) in [5.41, 5.74) is 0.862. The van der Waals surface area contributed by atoms with Crippen LogP contribution in [0.3, 0.4) is 0 Å². The fourth-order valence-electron chi connectivity index (χ4n) is 1.88. The highest BCUT2D eigenvalue weighted by molar-refractivity contribution is 7.22. The Kier molecular flexibility index (Phi) is 5.27. The van der Waals surface area contributed by atoms with Crippen molar-refractivity contribution in [2.24, 2.45) is 0 Å². The first kappa shape index (κ1) is 15.9. The first-order valence-corrected chi connectivity index (χ1v) is 7.63. The quantitative estimate of drug-likeness (QED) is 0.742. The third-order valence-corrected chi connectivity index (χ3v) is 3.81. The Balaban J connectivity index is 1.85. The lowest BCUT2D eigenvalue weighted by Gasteiger charge is -2.05. The van der Waals surface area contributed by atoms with E-state index in [9.17, 15) is 13.2 Å². The summed E-state index contributed by atoms with van der Waals surface area (Å²) in [5, 5.41) is 3.80. The number of nitrogens with zero attached hydrogens (tertiary/aromatic N) is 1. The summed E-state index contributed by atoms with van der Waals surface area (Å²) < 4.78 is 42.4. The topological polar surface area (TPSA) is 34.1 Å². The molecule has 1 aromatic heterocycles. The average molecular weight is 318 g/mol. The van der Waals surface area contributed by atoms with Crippen LogP contribution in [0, 0.1) is 0 Å². The minimum Gasteiger partial charge on any atom is -0.494 e. The SMILES string of the molecule is CCOc1ccc2nc(NCCCCC(F)(F)F)sc2c1. The van der Waals surface area contributed by atoms with Crippen molar-refractivity contribution >= 4 is 26.7 Å². The summed E-state index contributed by atoms with van der Waals surface area (Å²) in [7, 11) is 0.